The largest absolute Gasteiger partial charge is 0.392 e. The van der Waals surface area contributed by atoms with Crippen molar-refractivity contribution in [1.82, 2.24) is 4.98 Å². The standard InChI is InChI=1S/C6H4NO4P/c8-6(10-11-12-9)5-3-1-2-4-7-5/h1-4H. The average Bonchev–Trinajstić information content (AvgIpc) is 2.15. The number of aromatic nitrogens is 1. The molecule has 0 saturated heterocycles. The molecule has 0 aliphatic carbocycles. The van der Waals surface area contributed by atoms with E-state index in [1.807, 2.05) is 0 Å². The monoisotopic (exact) mass is 185 g/mol. The molecular formula is C6H4NO4P. The van der Waals surface area contributed by atoms with E-state index < -0.39 is 14.7 Å². The fourth-order valence-electron chi connectivity index (χ4n) is 0.575. The summed E-state index contributed by atoms with van der Waals surface area (Å²) in [6.45, 7) is 0. The van der Waals surface area contributed by atoms with Crippen LogP contribution in [0.1, 0.15) is 10.5 Å². The second-order valence-corrected chi connectivity index (χ2v) is 2.03. The lowest BCUT2D eigenvalue weighted by atomic mass is 10.4. The Bertz CT molecular complexity index is 276. The molecule has 12 heavy (non-hydrogen) atoms. The molecule has 0 amide bonds. The minimum absolute atomic E-state index is 0.0983. The maximum absolute atomic E-state index is 10.9. The summed E-state index contributed by atoms with van der Waals surface area (Å²) in [4.78, 5) is 18.6. The summed E-state index contributed by atoms with van der Waals surface area (Å²) in [7, 11) is -0.711. The summed E-state index contributed by atoms with van der Waals surface area (Å²) in [6, 6.07) is 4.73. The minimum atomic E-state index is -0.779. The Hall–Kier alpha value is -1.32. The fraction of sp³-hybridized carbons (Fsp3) is 0. The van der Waals surface area contributed by atoms with Gasteiger partial charge in [0.2, 0.25) is 0 Å². The third-order valence-electron chi connectivity index (χ3n) is 1.02. The first-order valence-electron chi connectivity index (χ1n) is 2.96. The van der Waals surface area contributed by atoms with Gasteiger partial charge in [-0.25, -0.2) is 14.3 Å². The maximum atomic E-state index is 10.9. The molecule has 62 valence electrons. The Morgan fingerprint density at radius 2 is 2.33 bits per heavy atom. The highest BCUT2D eigenvalue weighted by Gasteiger charge is 2.08. The van der Waals surface area contributed by atoms with Crippen molar-refractivity contribution in [3.63, 3.8) is 0 Å². The molecule has 0 bridgehead atoms. The van der Waals surface area contributed by atoms with Crippen molar-refractivity contribution in [1.29, 1.82) is 0 Å². The predicted octanol–water partition coefficient (Wildman–Crippen LogP) is 1.38. The van der Waals surface area contributed by atoms with Gasteiger partial charge >= 0.3 is 14.7 Å². The van der Waals surface area contributed by atoms with Gasteiger partial charge in [-0.2, -0.15) is 0 Å². The van der Waals surface area contributed by atoms with Crippen LogP contribution in [0.3, 0.4) is 0 Å². The number of hydrogen-bond donors (Lipinski definition) is 0. The summed E-state index contributed by atoms with van der Waals surface area (Å²) < 4.78 is 13.6. The molecule has 6 heteroatoms. The first kappa shape index (κ1) is 8.77. The maximum Gasteiger partial charge on any atom is 0.392 e. The van der Waals surface area contributed by atoms with Crippen LogP contribution in [0.2, 0.25) is 0 Å². The van der Waals surface area contributed by atoms with Crippen LogP contribution in [0.15, 0.2) is 24.4 Å². The highest BCUT2D eigenvalue weighted by Crippen LogP contribution is 2.01. The number of pyridine rings is 1. The second kappa shape index (κ2) is 4.54. The van der Waals surface area contributed by atoms with E-state index in [0.29, 0.717) is 0 Å². The first-order chi connectivity index (χ1) is 5.84. The first-order valence-corrected chi connectivity index (χ1v) is 3.69. The number of carbonyl (C=O) groups is 1. The van der Waals surface area contributed by atoms with Crippen molar-refractivity contribution in [3.8, 4) is 0 Å². The van der Waals surface area contributed by atoms with Crippen molar-refractivity contribution in [2.75, 3.05) is 0 Å². The van der Waals surface area contributed by atoms with Crippen LogP contribution < -0.4 is 0 Å². The molecule has 0 unspecified atom stereocenters. The normalized spacial score (nSPS) is 9.67. The molecule has 0 aliphatic rings. The highest BCUT2D eigenvalue weighted by molar-refractivity contribution is 7.17. The Morgan fingerprint density at radius 3 is 2.92 bits per heavy atom. The summed E-state index contributed by atoms with van der Waals surface area (Å²) in [6.07, 6.45) is 1.44. The van der Waals surface area contributed by atoms with Gasteiger partial charge in [0.1, 0.15) is 0 Å². The summed E-state index contributed by atoms with van der Waals surface area (Å²) in [5.74, 6) is -0.779. The van der Waals surface area contributed by atoms with Crippen molar-refractivity contribution >= 4 is 14.7 Å². The quantitative estimate of drug-likeness (QED) is 0.404. The number of hydrogen-bond acceptors (Lipinski definition) is 5. The molecular weight excluding hydrogens is 181 g/mol. The Morgan fingerprint density at radius 1 is 1.50 bits per heavy atom. The second-order valence-electron chi connectivity index (χ2n) is 1.73. The van der Waals surface area contributed by atoms with Crippen molar-refractivity contribution in [2.24, 2.45) is 0 Å². The van der Waals surface area contributed by atoms with Gasteiger partial charge in [-0.1, -0.05) is 10.7 Å². The van der Waals surface area contributed by atoms with E-state index in [4.69, 9.17) is 0 Å². The van der Waals surface area contributed by atoms with E-state index in [2.05, 4.69) is 14.5 Å². The van der Waals surface area contributed by atoms with Gasteiger partial charge in [0, 0.05) is 6.20 Å². The van der Waals surface area contributed by atoms with Crippen LogP contribution in [-0.2, 0) is 14.1 Å². The van der Waals surface area contributed by atoms with Crippen LogP contribution in [0, 0.1) is 0 Å². The van der Waals surface area contributed by atoms with Crippen LogP contribution >= 0.6 is 8.69 Å². The summed E-state index contributed by atoms with van der Waals surface area (Å²) in [5.41, 5.74) is 0.0983. The molecule has 0 aliphatic heterocycles. The van der Waals surface area contributed by atoms with E-state index in [1.54, 1.807) is 12.1 Å². The predicted molar refractivity (Wildman–Crippen MR) is 38.3 cm³/mol. The lowest BCUT2D eigenvalue weighted by Gasteiger charge is -1.94. The molecule has 0 spiro atoms. The van der Waals surface area contributed by atoms with Crippen molar-refractivity contribution < 1.29 is 18.9 Å². The fourth-order valence-corrected chi connectivity index (χ4v) is 0.673. The van der Waals surface area contributed by atoms with E-state index in [-0.39, 0.29) is 5.69 Å². The molecule has 0 aromatic carbocycles. The molecule has 1 rings (SSSR count). The van der Waals surface area contributed by atoms with Gasteiger partial charge in [-0.05, 0) is 12.1 Å². The lowest BCUT2D eigenvalue weighted by molar-refractivity contribution is -0.139. The molecule has 1 aromatic heterocycles. The van der Waals surface area contributed by atoms with E-state index in [0.717, 1.165) is 0 Å². The highest BCUT2D eigenvalue weighted by atomic mass is 31.1. The number of nitrogens with zero attached hydrogens (tertiary/aromatic N) is 1. The molecule has 0 radical (unpaired) electrons. The Kier molecular flexibility index (Phi) is 3.32. The Labute approximate surface area is 69.5 Å². The molecule has 0 atom stereocenters. The van der Waals surface area contributed by atoms with Gasteiger partial charge in [0.05, 0.1) is 0 Å². The molecule has 0 saturated carbocycles. The summed E-state index contributed by atoms with van der Waals surface area (Å²) in [5, 5.41) is 0. The Balaban J connectivity index is 2.59. The van der Waals surface area contributed by atoms with Gasteiger partial charge in [0.25, 0.3) is 0 Å². The van der Waals surface area contributed by atoms with Crippen molar-refractivity contribution in [2.45, 2.75) is 0 Å². The third kappa shape index (κ3) is 2.38. The topological polar surface area (TPSA) is 65.5 Å². The number of carbonyl (C=O) groups excluding carboxylic acids is 1. The van der Waals surface area contributed by atoms with Gasteiger partial charge in [0.15, 0.2) is 5.69 Å². The van der Waals surface area contributed by atoms with E-state index in [1.165, 1.54) is 12.3 Å². The van der Waals surface area contributed by atoms with Crippen LogP contribution in [-0.4, -0.2) is 11.0 Å². The van der Waals surface area contributed by atoms with Gasteiger partial charge in [-0.15, -0.1) is 0 Å². The smallest absolute Gasteiger partial charge is 0.279 e. The van der Waals surface area contributed by atoms with Gasteiger partial charge < -0.3 is 0 Å². The van der Waals surface area contributed by atoms with Crippen LogP contribution in [0.4, 0.5) is 0 Å². The zero-order chi connectivity index (χ0) is 8.81. The molecule has 1 aromatic rings. The van der Waals surface area contributed by atoms with Crippen molar-refractivity contribution in [3.05, 3.63) is 30.1 Å². The lowest BCUT2D eigenvalue weighted by Crippen LogP contribution is -2.04. The molecule has 0 fully saturated rings. The minimum Gasteiger partial charge on any atom is -0.279 e. The van der Waals surface area contributed by atoms with E-state index >= 15 is 0 Å². The zero-order valence-corrected chi connectivity index (χ0v) is 6.73. The number of rotatable bonds is 3. The average molecular weight is 185 g/mol. The van der Waals surface area contributed by atoms with Crippen LogP contribution in [0.25, 0.3) is 0 Å². The van der Waals surface area contributed by atoms with E-state index in [9.17, 15) is 9.36 Å². The summed E-state index contributed by atoms with van der Waals surface area (Å²) >= 11 is 0. The SMILES string of the molecule is O=POOC(=O)c1ccccn1. The molecule has 1 heterocycles. The van der Waals surface area contributed by atoms with Gasteiger partial charge in [-0.3, -0.25) is 4.89 Å². The van der Waals surface area contributed by atoms with Crippen LogP contribution in [0.5, 0.6) is 0 Å². The third-order valence-corrected chi connectivity index (χ3v) is 1.15. The zero-order valence-electron chi connectivity index (χ0n) is 5.84. The molecule has 5 nitrogen and oxygen atoms in total. The molecule has 0 N–H and O–H groups in total.